The van der Waals surface area contributed by atoms with E-state index in [4.69, 9.17) is 15.1 Å². The lowest BCUT2D eigenvalue weighted by molar-refractivity contribution is 0.569. The monoisotopic (exact) mass is 753 g/mol. The second kappa shape index (κ2) is 14.6. The highest BCUT2D eigenvalue weighted by Gasteiger charge is 2.23. The van der Waals surface area contributed by atoms with Gasteiger partial charge >= 0.3 is 0 Å². The van der Waals surface area contributed by atoms with Gasteiger partial charge in [-0.05, 0) is 80.9 Å². The van der Waals surface area contributed by atoms with Crippen molar-refractivity contribution in [2.45, 2.75) is 52.4 Å². The van der Waals surface area contributed by atoms with Crippen molar-refractivity contribution in [2.24, 2.45) is 0 Å². The first-order valence-corrected chi connectivity index (χ1v) is 20.0. The maximum Gasteiger partial charge on any atom is 0.137 e. The molecule has 0 saturated heterocycles. The van der Waals surface area contributed by atoms with Crippen LogP contribution in [0.5, 0.6) is 0 Å². The van der Waals surface area contributed by atoms with Gasteiger partial charge in [-0.2, -0.15) is 5.10 Å². The summed E-state index contributed by atoms with van der Waals surface area (Å²) in [7, 11) is 0. The molecule has 1 N–H and O–H groups in total. The number of hydrogen-bond acceptors (Lipinski definition) is 4. The SMILES string of the molecule is CC(C)(C)c1cc(-c2cc(-c3cccc(N(c4ccccn4)c4cccc5ccccc45)c3)nc(-c3cccc4c(-c5ccccc5)n[nH]c34)c2)cc(C(C)(C)C)c1. The van der Waals surface area contributed by atoms with Crippen molar-refractivity contribution in [1.82, 2.24) is 20.2 Å². The molecule has 3 aromatic heterocycles. The molecule has 0 fully saturated rings. The van der Waals surface area contributed by atoms with Crippen LogP contribution in [0, 0.1) is 0 Å². The molecule has 5 heteroatoms. The van der Waals surface area contributed by atoms with Crippen LogP contribution >= 0.6 is 0 Å². The Labute approximate surface area is 341 Å². The minimum absolute atomic E-state index is 0.0328. The van der Waals surface area contributed by atoms with Gasteiger partial charge in [0.25, 0.3) is 0 Å². The van der Waals surface area contributed by atoms with E-state index >= 15 is 0 Å². The number of fused-ring (bicyclic) bond motifs is 2. The van der Waals surface area contributed by atoms with Crippen molar-refractivity contribution < 1.29 is 0 Å². The summed E-state index contributed by atoms with van der Waals surface area (Å²) < 4.78 is 0. The zero-order chi connectivity index (χ0) is 40.0. The second-order valence-electron chi connectivity index (χ2n) is 17.2. The number of anilines is 3. The summed E-state index contributed by atoms with van der Waals surface area (Å²) in [5.74, 6) is 0.840. The van der Waals surface area contributed by atoms with E-state index in [9.17, 15) is 0 Å². The summed E-state index contributed by atoms with van der Waals surface area (Å²) >= 11 is 0. The summed E-state index contributed by atoms with van der Waals surface area (Å²) in [5, 5.41) is 11.6. The van der Waals surface area contributed by atoms with Gasteiger partial charge in [-0.1, -0.05) is 163 Å². The molecule has 0 aliphatic heterocycles. The van der Waals surface area contributed by atoms with Crippen molar-refractivity contribution in [1.29, 1.82) is 0 Å². The van der Waals surface area contributed by atoms with Crippen molar-refractivity contribution in [3.8, 4) is 44.9 Å². The third-order valence-electron chi connectivity index (χ3n) is 11.0. The number of nitrogens with zero attached hydrogens (tertiary/aromatic N) is 4. The Hall–Kier alpha value is -6.85. The van der Waals surface area contributed by atoms with E-state index in [1.54, 1.807) is 0 Å². The number of rotatable bonds is 7. The highest BCUT2D eigenvalue weighted by molar-refractivity contribution is 6.02. The molecule has 5 nitrogen and oxygen atoms in total. The molecule has 3 heterocycles. The van der Waals surface area contributed by atoms with E-state index in [-0.39, 0.29) is 10.8 Å². The van der Waals surface area contributed by atoms with Crippen molar-refractivity contribution in [3.63, 3.8) is 0 Å². The number of hydrogen-bond donors (Lipinski definition) is 1. The standard InChI is InChI=1S/C53H47N5/c1-52(2,3)40-29-38(30-41(34-40)53(4,5)6)39-32-46(55-47(33-39)44-24-16-25-45-50(56-57-51(44)45)36-18-8-7-9-19-36)37-21-14-22-42(31-37)58(49-27-12-13-28-54-49)48-26-15-20-35-17-10-11-23-43(35)48/h7-34H,1-6H3,(H,56,57). The summed E-state index contributed by atoms with van der Waals surface area (Å²) in [6, 6.07) is 58.1. The molecule has 284 valence electrons. The minimum Gasteiger partial charge on any atom is -0.294 e. The molecule has 0 radical (unpaired) electrons. The number of benzene rings is 6. The van der Waals surface area contributed by atoms with Crippen LogP contribution in [0.4, 0.5) is 17.2 Å². The fourth-order valence-electron chi connectivity index (χ4n) is 7.80. The van der Waals surface area contributed by atoms with Crippen LogP contribution in [0.1, 0.15) is 52.7 Å². The fraction of sp³-hybridized carbons (Fsp3) is 0.151. The summed E-state index contributed by atoms with van der Waals surface area (Å²) in [5.41, 5.74) is 13.6. The molecule has 0 aliphatic carbocycles. The molecule has 0 saturated carbocycles. The summed E-state index contributed by atoms with van der Waals surface area (Å²) in [6.45, 7) is 13.8. The van der Waals surface area contributed by atoms with Crippen LogP contribution in [0.15, 0.2) is 170 Å². The molecular weight excluding hydrogens is 707 g/mol. The minimum atomic E-state index is -0.0328. The molecule has 0 unspecified atom stereocenters. The van der Waals surface area contributed by atoms with Gasteiger partial charge in [0.2, 0.25) is 0 Å². The van der Waals surface area contributed by atoms with Crippen molar-refractivity contribution in [3.05, 3.63) is 181 Å². The van der Waals surface area contributed by atoms with E-state index in [2.05, 4.69) is 197 Å². The molecule has 6 aromatic carbocycles. The van der Waals surface area contributed by atoms with Gasteiger partial charge < -0.3 is 0 Å². The molecule has 9 aromatic rings. The molecule has 58 heavy (non-hydrogen) atoms. The molecule has 9 rings (SSSR count). The fourth-order valence-corrected chi connectivity index (χ4v) is 7.80. The lowest BCUT2D eigenvalue weighted by Gasteiger charge is -2.27. The third-order valence-corrected chi connectivity index (χ3v) is 11.0. The van der Waals surface area contributed by atoms with Gasteiger partial charge in [0.15, 0.2) is 0 Å². The number of para-hydroxylation sites is 1. The third kappa shape index (κ3) is 7.05. The zero-order valence-corrected chi connectivity index (χ0v) is 34.0. The zero-order valence-electron chi connectivity index (χ0n) is 34.0. The van der Waals surface area contributed by atoms with Crippen LogP contribution in [-0.4, -0.2) is 20.2 Å². The number of pyridine rings is 2. The normalized spacial score (nSPS) is 12.0. The van der Waals surface area contributed by atoms with Crippen LogP contribution in [0.25, 0.3) is 66.6 Å². The first kappa shape index (κ1) is 36.8. The van der Waals surface area contributed by atoms with E-state index in [0.717, 1.165) is 72.8 Å². The first-order valence-electron chi connectivity index (χ1n) is 20.0. The quantitative estimate of drug-likeness (QED) is 0.176. The molecule has 0 spiro atoms. The lowest BCUT2D eigenvalue weighted by Crippen LogP contribution is -2.16. The first-order chi connectivity index (χ1) is 28.0. The van der Waals surface area contributed by atoms with Gasteiger partial charge in [-0.3, -0.25) is 10.00 Å². The van der Waals surface area contributed by atoms with Crippen LogP contribution in [-0.2, 0) is 10.8 Å². The summed E-state index contributed by atoms with van der Waals surface area (Å²) in [4.78, 5) is 12.6. The highest BCUT2D eigenvalue weighted by Crippen LogP contribution is 2.42. The Balaban J connectivity index is 1.27. The maximum atomic E-state index is 5.49. The summed E-state index contributed by atoms with van der Waals surface area (Å²) in [6.07, 6.45) is 1.85. The van der Waals surface area contributed by atoms with E-state index < -0.39 is 0 Å². The topological polar surface area (TPSA) is 57.7 Å². The molecule has 0 amide bonds. The average Bonchev–Trinajstić information content (AvgIpc) is 3.68. The highest BCUT2D eigenvalue weighted by atomic mass is 15.2. The molecule has 0 atom stereocenters. The number of aromatic nitrogens is 4. The Morgan fingerprint density at radius 2 is 1.14 bits per heavy atom. The number of nitrogens with one attached hydrogen (secondary N) is 1. The predicted molar refractivity (Wildman–Crippen MR) is 243 cm³/mol. The van der Waals surface area contributed by atoms with Crippen molar-refractivity contribution >= 4 is 38.9 Å². The van der Waals surface area contributed by atoms with Gasteiger partial charge in [0.1, 0.15) is 5.82 Å². The molecular formula is C53H47N5. The van der Waals surface area contributed by atoms with Crippen LogP contribution in [0.3, 0.4) is 0 Å². The van der Waals surface area contributed by atoms with Gasteiger partial charge in [-0.25, -0.2) is 9.97 Å². The Kier molecular flexibility index (Phi) is 9.24. The van der Waals surface area contributed by atoms with E-state index in [1.165, 1.54) is 22.1 Å². The molecule has 0 bridgehead atoms. The smallest absolute Gasteiger partial charge is 0.137 e. The number of H-pyrrole nitrogens is 1. The number of aromatic amines is 1. The molecule has 0 aliphatic rings. The van der Waals surface area contributed by atoms with E-state index in [1.807, 2.05) is 24.4 Å². The Bertz CT molecular complexity index is 2880. The van der Waals surface area contributed by atoms with Crippen LogP contribution < -0.4 is 4.90 Å². The van der Waals surface area contributed by atoms with Gasteiger partial charge in [-0.15, -0.1) is 0 Å². The van der Waals surface area contributed by atoms with E-state index in [0.29, 0.717) is 0 Å². The second-order valence-corrected chi connectivity index (χ2v) is 17.2. The maximum absolute atomic E-state index is 5.49. The largest absolute Gasteiger partial charge is 0.294 e. The lowest BCUT2D eigenvalue weighted by atomic mass is 9.79. The van der Waals surface area contributed by atoms with Gasteiger partial charge in [0, 0.05) is 39.3 Å². The predicted octanol–water partition coefficient (Wildman–Crippen LogP) is 14.2. The Morgan fingerprint density at radius 1 is 0.500 bits per heavy atom. The van der Waals surface area contributed by atoms with Crippen LogP contribution in [0.2, 0.25) is 0 Å². The average molecular weight is 754 g/mol. The van der Waals surface area contributed by atoms with Gasteiger partial charge in [0.05, 0.1) is 28.3 Å². The van der Waals surface area contributed by atoms with Crippen molar-refractivity contribution in [2.75, 3.05) is 4.90 Å². The Morgan fingerprint density at radius 3 is 1.90 bits per heavy atom.